The Morgan fingerprint density at radius 2 is 0.864 bits per heavy atom. The molecular formula is C48H56N6O10S2. The van der Waals surface area contributed by atoms with Crippen LogP contribution < -0.4 is 30.7 Å². The van der Waals surface area contributed by atoms with E-state index in [0.29, 0.717) is 11.5 Å². The van der Waals surface area contributed by atoms with E-state index in [-0.39, 0.29) is 35.8 Å². The smallest absolute Gasteiger partial charge is 0.327 e. The number of aliphatic carboxylic acids is 2. The maximum atomic E-state index is 12.2. The lowest BCUT2D eigenvalue weighted by Gasteiger charge is -2.43. The first-order valence-corrected chi connectivity index (χ1v) is 23.2. The van der Waals surface area contributed by atoms with Crippen LogP contribution in [0, 0.1) is 0 Å². The second kappa shape index (κ2) is 22.4. The van der Waals surface area contributed by atoms with Crippen molar-refractivity contribution in [2.45, 2.75) is 85.2 Å². The van der Waals surface area contributed by atoms with Crippen LogP contribution in [0.3, 0.4) is 0 Å². The number of fused-ring (bicyclic) bond motifs is 2. The van der Waals surface area contributed by atoms with E-state index in [1.165, 1.54) is 44.5 Å². The van der Waals surface area contributed by atoms with E-state index in [9.17, 15) is 39.0 Å². The van der Waals surface area contributed by atoms with Crippen LogP contribution in [0.1, 0.15) is 38.8 Å². The van der Waals surface area contributed by atoms with Crippen molar-refractivity contribution in [3.63, 3.8) is 0 Å². The van der Waals surface area contributed by atoms with Gasteiger partial charge in [0.1, 0.15) is 46.4 Å². The molecular weight excluding hydrogens is 885 g/mol. The number of carbonyl (C=O) groups is 6. The van der Waals surface area contributed by atoms with Gasteiger partial charge in [-0.1, -0.05) is 97.1 Å². The number of nitrogens with zero attached hydrogens (tertiary/aromatic N) is 2. The third-order valence-electron chi connectivity index (χ3n) is 11.0. The summed E-state index contributed by atoms with van der Waals surface area (Å²) in [5.41, 5.74) is 2.67. The van der Waals surface area contributed by atoms with Crippen molar-refractivity contribution in [3.8, 4) is 11.5 Å². The molecule has 350 valence electrons. The van der Waals surface area contributed by atoms with E-state index in [1.54, 1.807) is 76.2 Å². The van der Waals surface area contributed by atoms with Crippen LogP contribution in [0.2, 0.25) is 0 Å². The SMILES string of the molecule is CC1(C)S[C@@H]2[C@H](NC(=O)COc3ccccc3)C(=O)N2[C@H]1C(=O)O.CC1(C)S[C@@H]2[C@H](NC(=O)COc3ccccc3)C(=O)N2[C@H]1C(=O)O.c1ccc(CNCCNCc2ccccc2)cc1. The first kappa shape index (κ1) is 49.4. The molecule has 4 amide bonds. The number of ether oxygens (including phenoxy) is 2. The molecule has 4 aromatic rings. The molecule has 16 nitrogen and oxygen atoms in total. The molecule has 6 N–H and O–H groups in total. The van der Waals surface area contributed by atoms with E-state index in [0.717, 1.165) is 26.2 Å². The van der Waals surface area contributed by atoms with Gasteiger partial charge >= 0.3 is 11.9 Å². The first-order valence-electron chi connectivity index (χ1n) is 21.5. The van der Waals surface area contributed by atoms with E-state index in [4.69, 9.17) is 9.47 Å². The van der Waals surface area contributed by atoms with Crippen molar-refractivity contribution < 1.29 is 48.5 Å². The fourth-order valence-electron chi connectivity index (χ4n) is 7.89. The third-order valence-corrected chi connectivity index (χ3v) is 14.2. The maximum Gasteiger partial charge on any atom is 0.327 e. The van der Waals surface area contributed by atoms with Gasteiger partial charge in [-0.3, -0.25) is 19.2 Å². The molecule has 4 aromatic carbocycles. The highest BCUT2D eigenvalue weighted by molar-refractivity contribution is 8.02. The second-order valence-corrected chi connectivity index (χ2v) is 20.4. The lowest BCUT2D eigenvalue weighted by Crippen LogP contribution is -2.70. The van der Waals surface area contributed by atoms with Crippen molar-refractivity contribution in [3.05, 3.63) is 132 Å². The van der Waals surface area contributed by atoms with Gasteiger partial charge in [-0.05, 0) is 63.1 Å². The number of β-lactam (4-membered cyclic amide) rings is 2. The summed E-state index contributed by atoms with van der Waals surface area (Å²) in [6.45, 7) is 10.6. The van der Waals surface area contributed by atoms with Gasteiger partial charge in [-0.15, -0.1) is 23.5 Å². The molecule has 0 saturated carbocycles. The number of rotatable bonds is 17. The van der Waals surface area contributed by atoms with E-state index < -0.39 is 57.4 Å². The zero-order chi connectivity index (χ0) is 47.4. The van der Waals surface area contributed by atoms with E-state index in [2.05, 4.69) is 69.8 Å². The van der Waals surface area contributed by atoms with Gasteiger partial charge in [0.05, 0.1) is 0 Å². The van der Waals surface area contributed by atoms with Gasteiger partial charge in [0.15, 0.2) is 13.2 Å². The largest absolute Gasteiger partial charge is 0.484 e. The Morgan fingerprint density at radius 3 is 1.18 bits per heavy atom. The topological polar surface area (TPSA) is 216 Å². The molecule has 0 spiro atoms. The number of amides is 4. The maximum absolute atomic E-state index is 12.2. The highest BCUT2D eigenvalue weighted by Crippen LogP contribution is 2.51. The van der Waals surface area contributed by atoms with Gasteiger partial charge < -0.3 is 50.8 Å². The summed E-state index contributed by atoms with van der Waals surface area (Å²) < 4.78 is 9.48. The summed E-state index contributed by atoms with van der Waals surface area (Å²) >= 11 is 2.78. The minimum atomic E-state index is -1.03. The molecule has 8 rings (SSSR count). The molecule has 0 aliphatic carbocycles. The fourth-order valence-corrected chi connectivity index (χ4v) is 11.1. The average Bonchev–Trinajstić information content (AvgIpc) is 3.73. The van der Waals surface area contributed by atoms with Crippen LogP contribution in [0.15, 0.2) is 121 Å². The minimum Gasteiger partial charge on any atom is -0.484 e. The highest BCUT2D eigenvalue weighted by Gasteiger charge is 2.65. The third kappa shape index (κ3) is 12.4. The molecule has 4 fully saturated rings. The zero-order valence-electron chi connectivity index (χ0n) is 37.1. The van der Waals surface area contributed by atoms with Crippen molar-refractivity contribution in [2.75, 3.05) is 26.3 Å². The number of benzene rings is 4. The molecule has 18 heteroatoms. The van der Waals surface area contributed by atoms with Crippen LogP contribution in [0.4, 0.5) is 0 Å². The Bertz CT molecular complexity index is 2130. The summed E-state index contributed by atoms with van der Waals surface area (Å²) in [6.07, 6.45) is 0. The summed E-state index contributed by atoms with van der Waals surface area (Å²) in [5.74, 6) is -2.46. The zero-order valence-corrected chi connectivity index (χ0v) is 38.8. The summed E-state index contributed by atoms with van der Waals surface area (Å²) in [4.78, 5) is 74.0. The van der Waals surface area contributed by atoms with E-state index >= 15 is 0 Å². The Labute approximate surface area is 392 Å². The Hall–Kier alpha value is -6.08. The van der Waals surface area contributed by atoms with Crippen molar-refractivity contribution in [2.24, 2.45) is 0 Å². The van der Waals surface area contributed by atoms with Crippen molar-refractivity contribution in [1.29, 1.82) is 0 Å². The van der Waals surface area contributed by atoms with Crippen LogP contribution in [0.25, 0.3) is 0 Å². The molecule has 0 unspecified atom stereocenters. The Balaban J connectivity index is 0.000000166. The number of carboxylic acid groups (broad SMARTS) is 2. The Morgan fingerprint density at radius 1 is 0.545 bits per heavy atom. The molecule has 4 aliphatic rings. The molecule has 6 atom stereocenters. The van der Waals surface area contributed by atoms with Gasteiger partial charge in [0.2, 0.25) is 11.8 Å². The number of para-hydroxylation sites is 2. The molecule has 4 heterocycles. The van der Waals surface area contributed by atoms with Gasteiger partial charge in [0, 0.05) is 35.7 Å². The predicted molar refractivity (Wildman–Crippen MR) is 251 cm³/mol. The number of thioether (sulfide) groups is 2. The average molecular weight is 941 g/mol. The van der Waals surface area contributed by atoms with Crippen LogP contribution >= 0.6 is 23.5 Å². The first-order chi connectivity index (χ1) is 31.6. The second-order valence-electron chi connectivity index (χ2n) is 16.8. The monoisotopic (exact) mass is 940 g/mol. The number of hydrogen-bond donors (Lipinski definition) is 6. The minimum absolute atomic E-state index is 0.197. The number of carboxylic acids is 2. The molecule has 66 heavy (non-hydrogen) atoms. The summed E-state index contributed by atoms with van der Waals surface area (Å²) in [6, 6.07) is 35.6. The van der Waals surface area contributed by atoms with Crippen molar-refractivity contribution >= 4 is 59.1 Å². The predicted octanol–water partition coefficient (Wildman–Crippen LogP) is 3.96. The number of nitrogens with one attached hydrogen (secondary N) is 4. The molecule has 4 saturated heterocycles. The molecule has 0 bridgehead atoms. The van der Waals surface area contributed by atoms with Crippen molar-refractivity contribution in [1.82, 2.24) is 31.1 Å². The lowest BCUT2D eigenvalue weighted by atomic mass is 9.96. The number of hydrogen-bond acceptors (Lipinski definition) is 12. The normalized spacial score (nSPS) is 22.6. The quantitative estimate of drug-likeness (QED) is 0.0654. The number of carbonyl (C=O) groups excluding carboxylic acids is 4. The van der Waals surface area contributed by atoms with Crippen LogP contribution in [-0.4, -0.2) is 126 Å². The molecule has 4 aliphatic heterocycles. The standard InChI is InChI=1S/2C16H18N2O5S.C16H20N2/c2*1-16(2)12(15(21)22)18-13(20)11(14(18)24-16)17-10(19)8-23-9-6-4-3-5-7-9;1-3-7-15(8-4-1)13-17-11-12-18-14-16-9-5-2-6-10-16/h2*3-7,11-12,14H,8H2,1-2H3,(H,17,19)(H,21,22);1-10,17-18H,11-14H2/t2*11-,12+,14-;/m11./s1. The molecule has 0 aromatic heterocycles. The summed E-state index contributed by atoms with van der Waals surface area (Å²) in [5, 5.41) is 30.1. The van der Waals surface area contributed by atoms with Gasteiger partial charge in [-0.2, -0.15) is 0 Å². The highest BCUT2D eigenvalue weighted by atomic mass is 32.2. The van der Waals surface area contributed by atoms with Crippen LogP contribution in [-0.2, 0) is 41.9 Å². The van der Waals surface area contributed by atoms with Crippen LogP contribution in [0.5, 0.6) is 11.5 Å². The molecule has 0 radical (unpaired) electrons. The van der Waals surface area contributed by atoms with E-state index in [1.807, 2.05) is 24.3 Å². The fraction of sp³-hybridized carbons (Fsp3) is 0.375. The summed E-state index contributed by atoms with van der Waals surface area (Å²) in [7, 11) is 0. The lowest BCUT2D eigenvalue weighted by molar-refractivity contribution is -0.161. The van der Waals surface area contributed by atoms with Gasteiger partial charge in [0.25, 0.3) is 11.8 Å². The van der Waals surface area contributed by atoms with Gasteiger partial charge in [-0.25, -0.2) is 9.59 Å². The Kier molecular flexibility index (Phi) is 16.8.